The Bertz CT molecular complexity index is 424. The van der Waals surface area contributed by atoms with E-state index in [-0.39, 0.29) is 0 Å². The lowest BCUT2D eigenvalue weighted by atomic mass is 10.3. The van der Waals surface area contributed by atoms with Gasteiger partial charge in [-0.3, -0.25) is 0 Å². The minimum Gasteiger partial charge on any atom is -0.396 e. The number of aromatic nitrogens is 3. The summed E-state index contributed by atoms with van der Waals surface area (Å²) in [6, 6.07) is 3.66. The summed E-state index contributed by atoms with van der Waals surface area (Å²) in [6.07, 6.45) is 8.29. The van der Waals surface area contributed by atoms with Crippen LogP contribution in [0, 0.1) is 0 Å². The van der Waals surface area contributed by atoms with Crippen LogP contribution in [-0.2, 0) is 6.54 Å². The third kappa shape index (κ3) is 2.73. The highest BCUT2D eigenvalue weighted by Crippen LogP contribution is 2.12. The van der Waals surface area contributed by atoms with Crippen LogP contribution < -0.4 is 11.1 Å². The summed E-state index contributed by atoms with van der Waals surface area (Å²) >= 11 is 0. The average Bonchev–Trinajstić information content (AvgIpc) is 2.79. The van der Waals surface area contributed by atoms with Crippen LogP contribution in [0.4, 0.5) is 11.5 Å². The van der Waals surface area contributed by atoms with Crippen molar-refractivity contribution in [1.82, 2.24) is 14.5 Å². The van der Waals surface area contributed by atoms with Crippen LogP contribution in [0.2, 0.25) is 0 Å². The Morgan fingerprint density at radius 2 is 2.31 bits per heavy atom. The number of hydrogen-bond acceptors (Lipinski definition) is 4. The molecule has 0 fully saturated rings. The van der Waals surface area contributed by atoms with Crippen LogP contribution in [0.15, 0.2) is 37.1 Å². The third-order valence-corrected chi connectivity index (χ3v) is 2.28. The van der Waals surface area contributed by atoms with Crippen molar-refractivity contribution in [2.45, 2.75) is 13.0 Å². The second-order valence-corrected chi connectivity index (χ2v) is 3.52. The van der Waals surface area contributed by atoms with Gasteiger partial charge in [-0.05, 0) is 18.6 Å². The highest BCUT2D eigenvalue weighted by Gasteiger charge is 1.97. The average molecular weight is 217 g/mol. The quantitative estimate of drug-likeness (QED) is 0.742. The molecule has 5 heteroatoms. The minimum absolute atomic E-state index is 0.685. The number of nitrogens with two attached hydrogens (primary N) is 1. The van der Waals surface area contributed by atoms with Crippen LogP contribution in [-0.4, -0.2) is 21.1 Å². The molecule has 3 N–H and O–H groups in total. The number of nitrogens with one attached hydrogen (secondary N) is 1. The highest BCUT2D eigenvalue weighted by atomic mass is 15.0. The molecule has 84 valence electrons. The van der Waals surface area contributed by atoms with E-state index < -0.39 is 0 Å². The van der Waals surface area contributed by atoms with Crippen LogP contribution in [0.5, 0.6) is 0 Å². The smallest absolute Gasteiger partial charge is 0.149 e. The van der Waals surface area contributed by atoms with Gasteiger partial charge in [0.15, 0.2) is 0 Å². The van der Waals surface area contributed by atoms with E-state index in [0.29, 0.717) is 5.69 Å². The van der Waals surface area contributed by atoms with Crippen molar-refractivity contribution in [2.75, 3.05) is 17.6 Å². The highest BCUT2D eigenvalue weighted by molar-refractivity contribution is 5.60. The van der Waals surface area contributed by atoms with Crippen molar-refractivity contribution in [2.24, 2.45) is 0 Å². The topological polar surface area (TPSA) is 68.8 Å². The molecule has 0 aliphatic heterocycles. The second-order valence-electron chi connectivity index (χ2n) is 3.52. The zero-order valence-electron chi connectivity index (χ0n) is 9.00. The molecule has 2 aromatic heterocycles. The Kier molecular flexibility index (Phi) is 3.38. The van der Waals surface area contributed by atoms with Gasteiger partial charge in [-0.15, -0.1) is 0 Å². The molecule has 0 unspecified atom stereocenters. The van der Waals surface area contributed by atoms with E-state index in [1.54, 1.807) is 12.4 Å². The zero-order valence-corrected chi connectivity index (χ0v) is 9.00. The fourth-order valence-electron chi connectivity index (χ4n) is 1.45. The minimum atomic E-state index is 0.685. The van der Waals surface area contributed by atoms with Gasteiger partial charge in [0.1, 0.15) is 5.82 Å². The first-order valence-corrected chi connectivity index (χ1v) is 5.26. The SMILES string of the molecule is Nc1cccnc1NCCCn1ccnc1. The molecule has 2 heterocycles. The maximum Gasteiger partial charge on any atom is 0.149 e. The summed E-state index contributed by atoms with van der Waals surface area (Å²) in [5, 5.41) is 3.21. The van der Waals surface area contributed by atoms with Crippen molar-refractivity contribution < 1.29 is 0 Å². The summed E-state index contributed by atoms with van der Waals surface area (Å²) in [4.78, 5) is 8.14. The van der Waals surface area contributed by atoms with E-state index >= 15 is 0 Å². The molecular weight excluding hydrogens is 202 g/mol. The van der Waals surface area contributed by atoms with Crippen LogP contribution in [0.1, 0.15) is 6.42 Å². The van der Waals surface area contributed by atoms with E-state index in [2.05, 4.69) is 15.3 Å². The molecule has 2 rings (SSSR count). The normalized spacial score (nSPS) is 10.2. The molecule has 0 atom stereocenters. The van der Waals surface area contributed by atoms with Crippen LogP contribution in [0.3, 0.4) is 0 Å². The number of nitrogens with zero attached hydrogens (tertiary/aromatic N) is 3. The molecule has 2 aromatic rings. The molecule has 0 aromatic carbocycles. The summed E-state index contributed by atoms with van der Waals surface area (Å²) in [5.74, 6) is 0.758. The second kappa shape index (κ2) is 5.16. The Balaban J connectivity index is 1.74. The van der Waals surface area contributed by atoms with E-state index in [1.165, 1.54) is 0 Å². The molecule has 0 saturated heterocycles. The monoisotopic (exact) mass is 217 g/mol. The Hall–Kier alpha value is -2.04. The van der Waals surface area contributed by atoms with Gasteiger partial charge in [-0.25, -0.2) is 9.97 Å². The largest absolute Gasteiger partial charge is 0.396 e. The standard InChI is InChI=1S/C11H15N5/c12-10-3-1-4-14-11(10)15-5-2-7-16-8-6-13-9-16/h1,3-4,6,8-9H,2,5,7,12H2,(H,14,15). The number of pyridine rings is 1. The number of nitrogen functional groups attached to an aromatic ring is 1. The van der Waals surface area contributed by atoms with Gasteiger partial charge in [-0.1, -0.05) is 0 Å². The van der Waals surface area contributed by atoms with Crippen molar-refractivity contribution in [1.29, 1.82) is 0 Å². The van der Waals surface area contributed by atoms with E-state index in [0.717, 1.165) is 25.3 Å². The fourth-order valence-corrected chi connectivity index (χ4v) is 1.45. The molecule has 0 saturated carbocycles. The van der Waals surface area contributed by atoms with Crippen molar-refractivity contribution in [3.05, 3.63) is 37.1 Å². The molecule has 0 amide bonds. The van der Waals surface area contributed by atoms with Crippen molar-refractivity contribution in [3.8, 4) is 0 Å². The van der Waals surface area contributed by atoms with Gasteiger partial charge in [0.2, 0.25) is 0 Å². The molecule has 0 radical (unpaired) electrons. The molecule has 16 heavy (non-hydrogen) atoms. The molecule has 0 spiro atoms. The van der Waals surface area contributed by atoms with Gasteiger partial charge in [0.05, 0.1) is 12.0 Å². The lowest BCUT2D eigenvalue weighted by molar-refractivity contribution is 0.660. The van der Waals surface area contributed by atoms with Crippen LogP contribution >= 0.6 is 0 Å². The Labute approximate surface area is 94.3 Å². The number of hydrogen-bond donors (Lipinski definition) is 2. The molecule has 0 bridgehead atoms. The number of anilines is 2. The first-order valence-electron chi connectivity index (χ1n) is 5.26. The maximum absolute atomic E-state index is 5.76. The first-order chi connectivity index (χ1) is 7.86. The Morgan fingerprint density at radius 3 is 3.06 bits per heavy atom. The summed E-state index contributed by atoms with van der Waals surface area (Å²) < 4.78 is 2.05. The van der Waals surface area contributed by atoms with E-state index in [4.69, 9.17) is 5.73 Å². The lowest BCUT2D eigenvalue weighted by Gasteiger charge is -2.07. The van der Waals surface area contributed by atoms with Gasteiger partial charge in [-0.2, -0.15) is 0 Å². The lowest BCUT2D eigenvalue weighted by Crippen LogP contribution is -2.08. The predicted molar refractivity (Wildman–Crippen MR) is 64.0 cm³/mol. The number of rotatable bonds is 5. The van der Waals surface area contributed by atoms with Gasteiger partial charge >= 0.3 is 0 Å². The Morgan fingerprint density at radius 1 is 1.38 bits per heavy atom. The van der Waals surface area contributed by atoms with Gasteiger partial charge in [0, 0.05) is 31.7 Å². The third-order valence-electron chi connectivity index (χ3n) is 2.28. The molecule has 0 aliphatic rings. The van der Waals surface area contributed by atoms with E-state index in [1.807, 2.05) is 29.2 Å². The number of aryl methyl sites for hydroxylation is 1. The maximum atomic E-state index is 5.76. The van der Waals surface area contributed by atoms with Crippen molar-refractivity contribution >= 4 is 11.5 Å². The number of imidazole rings is 1. The molecule has 5 nitrogen and oxygen atoms in total. The fraction of sp³-hybridized carbons (Fsp3) is 0.273. The zero-order chi connectivity index (χ0) is 11.2. The summed E-state index contributed by atoms with van der Waals surface area (Å²) in [7, 11) is 0. The van der Waals surface area contributed by atoms with Crippen molar-refractivity contribution in [3.63, 3.8) is 0 Å². The first kappa shape index (κ1) is 10.5. The van der Waals surface area contributed by atoms with Crippen LogP contribution in [0.25, 0.3) is 0 Å². The molecular formula is C11H15N5. The predicted octanol–water partition coefficient (Wildman–Crippen LogP) is 1.36. The summed E-state index contributed by atoms with van der Waals surface area (Å²) in [6.45, 7) is 1.79. The van der Waals surface area contributed by atoms with Gasteiger partial charge < -0.3 is 15.6 Å². The summed E-state index contributed by atoms with van der Waals surface area (Å²) in [5.41, 5.74) is 6.44. The van der Waals surface area contributed by atoms with Gasteiger partial charge in [0.25, 0.3) is 0 Å². The van der Waals surface area contributed by atoms with E-state index in [9.17, 15) is 0 Å². The molecule has 0 aliphatic carbocycles.